The highest BCUT2D eigenvalue weighted by Gasteiger charge is 2.09. The first-order valence-corrected chi connectivity index (χ1v) is 4.10. The number of amides is 1. The average molecular weight is 187 g/mol. The summed E-state index contributed by atoms with van der Waals surface area (Å²) in [5.74, 6) is -0.0989. The van der Waals surface area contributed by atoms with Crippen molar-refractivity contribution in [3.8, 4) is 0 Å². The number of hydrogen-bond acceptors (Lipinski definition) is 3. The number of nitrogens with one attached hydrogen (secondary N) is 1. The van der Waals surface area contributed by atoms with E-state index in [1.54, 1.807) is 7.05 Å². The van der Waals surface area contributed by atoms with Crippen LogP contribution in [0.25, 0.3) is 0 Å². The minimum absolute atomic E-state index is 0.0634. The van der Waals surface area contributed by atoms with Crippen LogP contribution in [0.3, 0.4) is 0 Å². The van der Waals surface area contributed by atoms with Crippen LogP contribution in [0, 0.1) is 0 Å². The molecular weight excluding hydrogens is 170 g/mol. The largest absolute Gasteiger partial charge is 0.370 e. The number of carbonyl (C=O) groups is 1. The van der Waals surface area contributed by atoms with E-state index in [9.17, 15) is 4.79 Å². The third-order valence-electron chi connectivity index (χ3n) is 1.55. The molecule has 0 heterocycles. The second-order valence-corrected chi connectivity index (χ2v) is 2.67. The molecule has 0 fully saturated rings. The van der Waals surface area contributed by atoms with Crippen LogP contribution in [0.4, 0.5) is 0 Å². The molecule has 0 aromatic carbocycles. The highest BCUT2D eigenvalue weighted by molar-refractivity contribution is 5.81. The number of hydrogen-bond donors (Lipinski definition) is 4. The number of rotatable bonds is 5. The minimum Gasteiger partial charge on any atom is -0.370 e. The molecule has 0 rings (SSSR count). The maximum Gasteiger partial charge on any atom is 0.236 e. The number of nitrogens with zero attached hydrogens (tertiary/aromatic N) is 1. The van der Waals surface area contributed by atoms with E-state index >= 15 is 0 Å². The second kappa shape index (κ2) is 6.24. The first-order chi connectivity index (χ1) is 6.07. The summed E-state index contributed by atoms with van der Waals surface area (Å²) in [6.45, 7) is 0.507. The molecule has 0 aliphatic carbocycles. The van der Waals surface area contributed by atoms with Gasteiger partial charge in [-0.2, -0.15) is 0 Å². The van der Waals surface area contributed by atoms with Crippen LogP contribution in [0.1, 0.15) is 12.8 Å². The van der Waals surface area contributed by atoms with E-state index in [2.05, 4.69) is 10.3 Å². The van der Waals surface area contributed by atoms with Crippen molar-refractivity contribution in [3.05, 3.63) is 0 Å². The predicted octanol–water partition coefficient (Wildman–Crippen LogP) is -1.89. The molecule has 7 N–H and O–H groups in total. The minimum atomic E-state index is -0.473. The quantitative estimate of drug-likeness (QED) is 0.228. The summed E-state index contributed by atoms with van der Waals surface area (Å²) < 4.78 is 0. The zero-order chi connectivity index (χ0) is 10.3. The van der Waals surface area contributed by atoms with E-state index < -0.39 is 6.04 Å². The molecule has 0 aromatic heterocycles. The third kappa shape index (κ3) is 5.92. The molecular formula is C7H17N5O. The smallest absolute Gasteiger partial charge is 0.236 e. The Morgan fingerprint density at radius 2 is 2.15 bits per heavy atom. The van der Waals surface area contributed by atoms with E-state index in [0.717, 1.165) is 0 Å². The van der Waals surface area contributed by atoms with E-state index in [1.807, 2.05) is 0 Å². The molecule has 6 nitrogen and oxygen atoms in total. The maximum atomic E-state index is 10.9. The molecule has 0 spiro atoms. The Hall–Kier alpha value is -1.30. The lowest BCUT2D eigenvalue weighted by Gasteiger charge is -2.07. The molecule has 76 valence electrons. The Bertz CT molecular complexity index is 187. The Kier molecular flexibility index (Phi) is 5.62. The highest BCUT2D eigenvalue weighted by atomic mass is 16.2. The lowest BCUT2D eigenvalue weighted by atomic mass is 10.1. The predicted molar refractivity (Wildman–Crippen MR) is 52.0 cm³/mol. The van der Waals surface area contributed by atoms with Crippen LogP contribution in [-0.4, -0.2) is 31.5 Å². The molecule has 0 aliphatic heterocycles. The van der Waals surface area contributed by atoms with Gasteiger partial charge in [-0.1, -0.05) is 0 Å². The zero-order valence-electron chi connectivity index (χ0n) is 7.79. The normalized spacial score (nSPS) is 11.8. The Morgan fingerprint density at radius 3 is 2.62 bits per heavy atom. The summed E-state index contributed by atoms with van der Waals surface area (Å²) in [5.41, 5.74) is 15.7. The molecule has 13 heavy (non-hydrogen) atoms. The van der Waals surface area contributed by atoms with E-state index in [1.165, 1.54) is 0 Å². The van der Waals surface area contributed by atoms with Gasteiger partial charge < -0.3 is 22.5 Å². The van der Waals surface area contributed by atoms with E-state index in [4.69, 9.17) is 17.2 Å². The van der Waals surface area contributed by atoms with Crippen LogP contribution in [0.2, 0.25) is 0 Å². The van der Waals surface area contributed by atoms with Crippen LogP contribution < -0.4 is 22.5 Å². The first kappa shape index (κ1) is 11.7. The fourth-order valence-corrected chi connectivity index (χ4v) is 0.836. The maximum absolute atomic E-state index is 10.9. The van der Waals surface area contributed by atoms with Gasteiger partial charge in [0.1, 0.15) is 0 Å². The fraction of sp³-hybridized carbons (Fsp3) is 0.714. The van der Waals surface area contributed by atoms with Crippen LogP contribution in [0.5, 0.6) is 0 Å². The molecule has 0 saturated carbocycles. The van der Waals surface area contributed by atoms with Gasteiger partial charge in [0.25, 0.3) is 0 Å². The van der Waals surface area contributed by atoms with Crippen molar-refractivity contribution in [3.63, 3.8) is 0 Å². The summed E-state index contributed by atoms with van der Waals surface area (Å²) in [7, 11) is 1.55. The second-order valence-electron chi connectivity index (χ2n) is 2.67. The zero-order valence-corrected chi connectivity index (χ0v) is 7.79. The van der Waals surface area contributed by atoms with Crippen LogP contribution in [0.15, 0.2) is 4.99 Å². The van der Waals surface area contributed by atoms with Gasteiger partial charge in [-0.05, 0) is 12.8 Å². The number of carbonyl (C=O) groups excluding carboxylic acids is 1. The number of guanidine groups is 1. The van der Waals surface area contributed by atoms with E-state index in [-0.39, 0.29) is 11.9 Å². The van der Waals surface area contributed by atoms with Gasteiger partial charge in [-0.15, -0.1) is 0 Å². The summed E-state index contributed by atoms with van der Waals surface area (Å²) in [4.78, 5) is 14.7. The average Bonchev–Trinajstić information content (AvgIpc) is 2.10. The summed E-state index contributed by atoms with van der Waals surface area (Å²) in [5, 5.41) is 2.47. The molecule has 0 radical (unpaired) electrons. The van der Waals surface area contributed by atoms with E-state index in [0.29, 0.717) is 19.4 Å². The lowest BCUT2D eigenvalue weighted by Crippen LogP contribution is -2.38. The Labute approximate surface area is 77.6 Å². The van der Waals surface area contributed by atoms with Crippen molar-refractivity contribution in [2.45, 2.75) is 18.9 Å². The molecule has 0 saturated heterocycles. The summed E-state index contributed by atoms with van der Waals surface area (Å²) >= 11 is 0. The summed E-state index contributed by atoms with van der Waals surface area (Å²) in [6, 6.07) is -0.473. The highest BCUT2D eigenvalue weighted by Crippen LogP contribution is 1.94. The molecule has 0 unspecified atom stereocenters. The Morgan fingerprint density at radius 1 is 1.54 bits per heavy atom. The van der Waals surface area contributed by atoms with Crippen molar-refractivity contribution in [2.24, 2.45) is 22.2 Å². The van der Waals surface area contributed by atoms with Gasteiger partial charge in [0, 0.05) is 13.6 Å². The van der Waals surface area contributed by atoms with Gasteiger partial charge >= 0.3 is 0 Å². The molecule has 6 heteroatoms. The van der Waals surface area contributed by atoms with Crippen molar-refractivity contribution in [1.29, 1.82) is 0 Å². The number of nitrogens with two attached hydrogens (primary N) is 3. The van der Waals surface area contributed by atoms with Crippen molar-refractivity contribution in [2.75, 3.05) is 13.6 Å². The van der Waals surface area contributed by atoms with Crippen molar-refractivity contribution in [1.82, 2.24) is 5.32 Å². The monoisotopic (exact) mass is 187 g/mol. The van der Waals surface area contributed by atoms with Crippen molar-refractivity contribution >= 4 is 11.9 Å². The molecule has 1 amide bonds. The van der Waals surface area contributed by atoms with Crippen LogP contribution >= 0.6 is 0 Å². The van der Waals surface area contributed by atoms with Crippen molar-refractivity contribution < 1.29 is 4.79 Å². The fourth-order valence-electron chi connectivity index (χ4n) is 0.836. The lowest BCUT2D eigenvalue weighted by molar-refractivity contribution is -0.122. The molecule has 0 bridgehead atoms. The molecule has 0 aromatic rings. The Balaban J connectivity index is 3.53. The van der Waals surface area contributed by atoms with Gasteiger partial charge in [0.2, 0.25) is 5.91 Å². The third-order valence-corrected chi connectivity index (χ3v) is 1.55. The molecule has 1 atom stereocenters. The van der Waals surface area contributed by atoms with Gasteiger partial charge in [-0.25, -0.2) is 0 Å². The molecule has 0 aliphatic rings. The number of likely N-dealkylation sites (N-methyl/N-ethyl adjacent to an activating group) is 1. The van der Waals surface area contributed by atoms with Gasteiger partial charge in [0.05, 0.1) is 6.04 Å². The summed E-state index contributed by atoms with van der Waals surface area (Å²) in [6.07, 6.45) is 1.28. The van der Waals surface area contributed by atoms with Crippen LogP contribution in [-0.2, 0) is 4.79 Å². The SMILES string of the molecule is CNC(=O)[C@@H](N)CCCN=C(N)N. The van der Waals surface area contributed by atoms with Gasteiger partial charge in [0.15, 0.2) is 5.96 Å². The number of aliphatic imine (C=N–C) groups is 1. The topological polar surface area (TPSA) is 120 Å². The standard InChI is InChI=1S/C7H17N5O/c1-11-6(13)5(8)3-2-4-12-7(9)10/h5H,2-4,8H2,1H3,(H,11,13)(H4,9,10,12)/t5-/m0/s1. The first-order valence-electron chi connectivity index (χ1n) is 4.10. The van der Waals surface area contributed by atoms with Gasteiger partial charge in [-0.3, -0.25) is 9.79 Å².